The molecule has 1 amide bonds. The van der Waals surface area contributed by atoms with Gasteiger partial charge in [0.25, 0.3) is 0 Å². The third-order valence-corrected chi connectivity index (χ3v) is 3.89. The Morgan fingerprint density at radius 1 is 1.19 bits per heavy atom. The fourth-order valence-electron chi connectivity index (χ4n) is 2.78. The van der Waals surface area contributed by atoms with E-state index in [0.29, 0.717) is 6.54 Å². The van der Waals surface area contributed by atoms with Crippen molar-refractivity contribution in [1.82, 2.24) is 10.2 Å². The Morgan fingerprint density at radius 3 is 2.48 bits per heavy atom. The number of hydrogen-bond donors (Lipinski definition) is 1. The summed E-state index contributed by atoms with van der Waals surface area (Å²) in [6.45, 7) is 12.7. The Labute approximate surface area is 128 Å². The summed E-state index contributed by atoms with van der Waals surface area (Å²) >= 11 is 0. The summed E-state index contributed by atoms with van der Waals surface area (Å²) in [5, 5.41) is 2.96. The van der Waals surface area contributed by atoms with Crippen molar-refractivity contribution in [3.8, 4) is 0 Å². The fraction of sp³-hybridized carbons (Fsp3) is 0.588. The number of hydrogen-bond acceptors (Lipinski definition) is 3. The van der Waals surface area contributed by atoms with Crippen molar-refractivity contribution < 1.29 is 4.79 Å². The second kappa shape index (κ2) is 6.94. The number of benzene rings is 1. The predicted molar refractivity (Wildman–Crippen MR) is 87.8 cm³/mol. The highest BCUT2D eigenvalue weighted by molar-refractivity contribution is 5.78. The van der Waals surface area contributed by atoms with E-state index < -0.39 is 0 Å². The van der Waals surface area contributed by atoms with Gasteiger partial charge in [0.15, 0.2) is 0 Å². The lowest BCUT2D eigenvalue weighted by atomic mass is 10.1. The number of anilines is 1. The fourth-order valence-corrected chi connectivity index (χ4v) is 2.78. The number of nitrogens with zero attached hydrogens (tertiary/aromatic N) is 2. The van der Waals surface area contributed by atoms with E-state index in [2.05, 4.69) is 47.2 Å². The molecule has 1 saturated heterocycles. The van der Waals surface area contributed by atoms with Crippen LogP contribution in [0.15, 0.2) is 18.2 Å². The first-order valence-electron chi connectivity index (χ1n) is 7.79. The molecule has 1 aromatic carbocycles. The van der Waals surface area contributed by atoms with E-state index in [4.69, 9.17) is 0 Å². The Bertz CT molecular complexity index is 491. The number of rotatable bonds is 4. The van der Waals surface area contributed by atoms with Gasteiger partial charge < -0.3 is 10.2 Å². The van der Waals surface area contributed by atoms with Gasteiger partial charge in [-0.1, -0.05) is 12.1 Å². The molecule has 0 saturated carbocycles. The standard InChI is InChI=1S/C17H27N3O/c1-13(2)18-17(21)12-19-7-9-20(10-8-19)16-11-14(3)5-6-15(16)4/h5-6,11,13H,7-10,12H2,1-4H3,(H,18,21). The van der Waals surface area contributed by atoms with Gasteiger partial charge >= 0.3 is 0 Å². The van der Waals surface area contributed by atoms with E-state index in [1.807, 2.05) is 13.8 Å². The van der Waals surface area contributed by atoms with Gasteiger partial charge in [0.1, 0.15) is 0 Å². The van der Waals surface area contributed by atoms with Crippen molar-refractivity contribution in [2.45, 2.75) is 33.7 Å². The average molecular weight is 289 g/mol. The minimum atomic E-state index is 0.130. The van der Waals surface area contributed by atoms with Crippen LogP contribution in [0.25, 0.3) is 0 Å². The zero-order valence-corrected chi connectivity index (χ0v) is 13.6. The van der Waals surface area contributed by atoms with Crippen molar-refractivity contribution in [1.29, 1.82) is 0 Å². The number of carbonyl (C=O) groups excluding carboxylic acids is 1. The van der Waals surface area contributed by atoms with Crippen LogP contribution < -0.4 is 10.2 Å². The zero-order chi connectivity index (χ0) is 15.4. The van der Waals surface area contributed by atoms with Gasteiger partial charge in [-0.3, -0.25) is 9.69 Å². The molecule has 1 heterocycles. The maximum atomic E-state index is 11.8. The van der Waals surface area contributed by atoms with E-state index in [0.717, 1.165) is 26.2 Å². The van der Waals surface area contributed by atoms with Gasteiger partial charge in [0.05, 0.1) is 6.54 Å². The van der Waals surface area contributed by atoms with Crippen LogP contribution in [0.3, 0.4) is 0 Å². The summed E-state index contributed by atoms with van der Waals surface area (Å²) in [6.07, 6.45) is 0. The van der Waals surface area contributed by atoms with Crippen molar-refractivity contribution in [3.63, 3.8) is 0 Å². The summed E-state index contributed by atoms with van der Waals surface area (Å²) in [5.41, 5.74) is 3.96. The van der Waals surface area contributed by atoms with E-state index >= 15 is 0 Å². The van der Waals surface area contributed by atoms with Crippen LogP contribution in [-0.2, 0) is 4.79 Å². The quantitative estimate of drug-likeness (QED) is 0.920. The van der Waals surface area contributed by atoms with Gasteiger partial charge in [-0.2, -0.15) is 0 Å². The molecule has 0 aromatic heterocycles. The van der Waals surface area contributed by atoms with Crippen molar-refractivity contribution in [2.75, 3.05) is 37.6 Å². The molecular formula is C17H27N3O. The normalized spacial score (nSPS) is 16.3. The molecule has 0 unspecified atom stereocenters. The summed E-state index contributed by atoms with van der Waals surface area (Å²) in [4.78, 5) is 16.5. The van der Waals surface area contributed by atoms with Crippen LogP contribution in [0.4, 0.5) is 5.69 Å². The number of carbonyl (C=O) groups is 1. The Hall–Kier alpha value is -1.55. The Balaban J connectivity index is 1.88. The third-order valence-electron chi connectivity index (χ3n) is 3.89. The molecule has 1 aromatic rings. The predicted octanol–water partition coefficient (Wildman–Crippen LogP) is 1.95. The second-order valence-electron chi connectivity index (χ2n) is 6.28. The highest BCUT2D eigenvalue weighted by Crippen LogP contribution is 2.22. The molecule has 1 fully saturated rings. The van der Waals surface area contributed by atoms with Crippen molar-refractivity contribution >= 4 is 11.6 Å². The van der Waals surface area contributed by atoms with Gasteiger partial charge in [0.2, 0.25) is 5.91 Å². The molecule has 0 radical (unpaired) electrons. The maximum absolute atomic E-state index is 11.8. The molecular weight excluding hydrogens is 262 g/mol. The number of piperazine rings is 1. The topological polar surface area (TPSA) is 35.6 Å². The molecule has 0 spiro atoms. The number of nitrogens with one attached hydrogen (secondary N) is 1. The number of amides is 1. The summed E-state index contributed by atoms with van der Waals surface area (Å²) < 4.78 is 0. The average Bonchev–Trinajstić information content (AvgIpc) is 2.41. The summed E-state index contributed by atoms with van der Waals surface area (Å²) in [5.74, 6) is 0.130. The Morgan fingerprint density at radius 2 is 1.86 bits per heavy atom. The largest absolute Gasteiger partial charge is 0.369 e. The first-order valence-corrected chi connectivity index (χ1v) is 7.79. The molecule has 21 heavy (non-hydrogen) atoms. The van der Waals surface area contributed by atoms with E-state index in [-0.39, 0.29) is 11.9 Å². The van der Waals surface area contributed by atoms with Gasteiger partial charge in [-0.15, -0.1) is 0 Å². The molecule has 2 rings (SSSR count). The highest BCUT2D eigenvalue weighted by atomic mass is 16.2. The number of aryl methyl sites for hydroxylation is 2. The molecule has 4 heteroatoms. The first-order chi connectivity index (χ1) is 9.95. The van der Waals surface area contributed by atoms with Crippen molar-refractivity contribution in [2.24, 2.45) is 0 Å². The molecule has 0 atom stereocenters. The van der Waals surface area contributed by atoms with Crippen LogP contribution in [0.2, 0.25) is 0 Å². The molecule has 116 valence electrons. The van der Waals surface area contributed by atoms with Crippen LogP contribution >= 0.6 is 0 Å². The second-order valence-corrected chi connectivity index (χ2v) is 6.28. The molecule has 1 aliphatic rings. The minimum absolute atomic E-state index is 0.130. The monoisotopic (exact) mass is 289 g/mol. The highest BCUT2D eigenvalue weighted by Gasteiger charge is 2.20. The lowest BCUT2D eigenvalue weighted by Crippen LogP contribution is -2.50. The smallest absolute Gasteiger partial charge is 0.234 e. The zero-order valence-electron chi connectivity index (χ0n) is 13.6. The van der Waals surface area contributed by atoms with Crippen LogP contribution in [0.1, 0.15) is 25.0 Å². The molecule has 4 nitrogen and oxygen atoms in total. The Kier molecular flexibility index (Phi) is 5.23. The molecule has 0 aliphatic carbocycles. The van der Waals surface area contributed by atoms with Gasteiger partial charge in [-0.25, -0.2) is 0 Å². The van der Waals surface area contributed by atoms with E-state index in [1.54, 1.807) is 0 Å². The van der Waals surface area contributed by atoms with Crippen molar-refractivity contribution in [3.05, 3.63) is 29.3 Å². The summed E-state index contributed by atoms with van der Waals surface area (Å²) in [6, 6.07) is 6.82. The molecule has 1 N–H and O–H groups in total. The van der Waals surface area contributed by atoms with E-state index in [9.17, 15) is 4.79 Å². The first kappa shape index (κ1) is 15.8. The lowest BCUT2D eigenvalue weighted by molar-refractivity contribution is -0.122. The van der Waals surface area contributed by atoms with Crippen LogP contribution in [-0.4, -0.2) is 49.6 Å². The van der Waals surface area contributed by atoms with Crippen LogP contribution in [0, 0.1) is 13.8 Å². The summed E-state index contributed by atoms with van der Waals surface area (Å²) in [7, 11) is 0. The van der Waals surface area contributed by atoms with Gasteiger partial charge in [0, 0.05) is 37.9 Å². The van der Waals surface area contributed by atoms with Gasteiger partial charge in [-0.05, 0) is 44.9 Å². The minimum Gasteiger partial charge on any atom is -0.369 e. The SMILES string of the molecule is Cc1ccc(C)c(N2CCN(CC(=O)NC(C)C)CC2)c1. The lowest BCUT2D eigenvalue weighted by Gasteiger charge is -2.36. The third kappa shape index (κ3) is 4.46. The molecule has 0 bridgehead atoms. The van der Waals surface area contributed by atoms with Crippen LogP contribution in [0.5, 0.6) is 0 Å². The maximum Gasteiger partial charge on any atom is 0.234 e. The van der Waals surface area contributed by atoms with E-state index in [1.165, 1.54) is 16.8 Å². The molecule has 1 aliphatic heterocycles.